The molecule has 0 aliphatic carbocycles. The maximum atomic E-state index is 12.1. The highest BCUT2D eigenvalue weighted by molar-refractivity contribution is 9.10. The van der Waals surface area contributed by atoms with Gasteiger partial charge >= 0.3 is 0 Å². The third kappa shape index (κ3) is 7.92. The van der Waals surface area contributed by atoms with Gasteiger partial charge in [-0.25, -0.2) is 9.97 Å². The Kier molecular flexibility index (Phi) is 11.5. The Morgan fingerprint density at radius 2 is 1.36 bits per heavy atom. The number of carbonyl (C=O) groups excluding carboxylic acids is 1. The molecule has 0 spiro atoms. The maximum Gasteiger partial charge on any atom is 0.182 e. The Morgan fingerprint density at radius 1 is 0.806 bits per heavy atom. The van der Waals surface area contributed by atoms with Gasteiger partial charge in [0.25, 0.3) is 0 Å². The van der Waals surface area contributed by atoms with E-state index in [1.54, 1.807) is 0 Å². The first-order valence-corrected chi connectivity index (χ1v) is 14.3. The van der Waals surface area contributed by atoms with Crippen molar-refractivity contribution in [3.05, 3.63) is 81.0 Å². The predicted molar refractivity (Wildman–Crippen MR) is 156 cm³/mol. The number of halogens is 2. The van der Waals surface area contributed by atoms with Gasteiger partial charge in [0.15, 0.2) is 5.78 Å². The third-order valence-electron chi connectivity index (χ3n) is 6.05. The fourth-order valence-electron chi connectivity index (χ4n) is 4.00. The summed E-state index contributed by atoms with van der Waals surface area (Å²) in [6, 6.07) is 19.8. The molecule has 2 aromatic heterocycles. The summed E-state index contributed by atoms with van der Waals surface area (Å²) in [6.45, 7) is 4.30. The van der Waals surface area contributed by atoms with Crippen LogP contribution in [0.1, 0.15) is 87.5 Å². The summed E-state index contributed by atoms with van der Waals surface area (Å²) in [6.07, 6.45) is 7.40. The Labute approximate surface area is 230 Å². The summed E-state index contributed by atoms with van der Waals surface area (Å²) < 4.78 is 1.69. The van der Waals surface area contributed by atoms with E-state index in [2.05, 4.69) is 55.7 Å². The van der Waals surface area contributed by atoms with Crippen molar-refractivity contribution in [2.24, 2.45) is 0 Å². The van der Waals surface area contributed by atoms with Crippen molar-refractivity contribution >= 4 is 59.4 Å². The predicted octanol–water partition coefficient (Wildman–Crippen LogP) is 9.37. The molecule has 4 aromatic rings. The molecule has 0 fully saturated rings. The molecule has 0 bridgehead atoms. The first-order valence-electron chi connectivity index (χ1n) is 12.8. The smallest absolute Gasteiger partial charge is 0.182 e. The molecule has 1 atom stereocenters. The topological polar surface area (TPSA) is 63.1 Å². The summed E-state index contributed by atoms with van der Waals surface area (Å²) in [5.41, 5.74) is 3.12. The quantitative estimate of drug-likeness (QED) is 0.143. The fourth-order valence-corrected chi connectivity index (χ4v) is 5.16. The highest BCUT2D eigenvalue weighted by atomic mass is 79.9. The number of hydrogen-bond donors (Lipinski definition) is 1. The highest BCUT2D eigenvalue weighted by Crippen LogP contribution is 2.28. The van der Waals surface area contributed by atoms with Crippen LogP contribution in [0.25, 0.3) is 21.8 Å². The molecule has 2 heterocycles. The number of para-hydroxylation sites is 2. The van der Waals surface area contributed by atoms with Crippen molar-refractivity contribution in [2.75, 3.05) is 0 Å². The van der Waals surface area contributed by atoms with Gasteiger partial charge in [0.1, 0.15) is 5.69 Å². The van der Waals surface area contributed by atoms with Crippen LogP contribution < -0.4 is 0 Å². The van der Waals surface area contributed by atoms with Gasteiger partial charge in [-0.1, -0.05) is 82.3 Å². The van der Waals surface area contributed by atoms with Crippen molar-refractivity contribution in [3.8, 4) is 0 Å². The second-order valence-corrected chi connectivity index (χ2v) is 10.7. The minimum Gasteiger partial charge on any atom is -0.387 e. The highest BCUT2D eigenvalue weighted by Gasteiger charge is 2.14. The molecule has 2 aromatic carbocycles. The van der Waals surface area contributed by atoms with E-state index in [-0.39, 0.29) is 5.78 Å². The zero-order valence-corrected chi connectivity index (χ0v) is 24.2. The van der Waals surface area contributed by atoms with Crippen LogP contribution in [-0.2, 0) is 0 Å². The van der Waals surface area contributed by atoms with Crippen molar-refractivity contribution < 1.29 is 9.90 Å². The van der Waals surface area contributed by atoms with Crippen LogP contribution in [-0.4, -0.2) is 20.9 Å². The number of benzene rings is 2. The van der Waals surface area contributed by atoms with Gasteiger partial charge in [-0.3, -0.25) is 4.79 Å². The summed E-state index contributed by atoms with van der Waals surface area (Å²) in [7, 11) is 0. The minimum atomic E-state index is -0.476. The average molecular weight is 614 g/mol. The van der Waals surface area contributed by atoms with E-state index in [9.17, 15) is 9.90 Å². The molecule has 0 saturated heterocycles. The van der Waals surface area contributed by atoms with Crippen molar-refractivity contribution in [1.29, 1.82) is 0 Å². The molecule has 0 unspecified atom stereocenters. The van der Waals surface area contributed by atoms with Crippen LogP contribution in [0.3, 0.4) is 0 Å². The van der Waals surface area contributed by atoms with E-state index in [0.717, 1.165) is 75.0 Å². The van der Waals surface area contributed by atoms with Crippen molar-refractivity contribution in [3.63, 3.8) is 0 Å². The molecule has 6 heteroatoms. The standard InChI is InChI=1S/C15H18BrNO.C15H16BrNO/c2*1-2-3-4-9-14(18)15-12(16)10-11-7-5-6-8-13(11)17-15/h5-8,10,14,18H,2-4,9H2,1H3;5-8,10H,2-4,9H2,1H3/t14-;/m1./s1. The van der Waals surface area contributed by atoms with Crippen LogP contribution in [0.15, 0.2) is 69.6 Å². The summed E-state index contributed by atoms with van der Waals surface area (Å²) in [4.78, 5) is 21.1. The lowest BCUT2D eigenvalue weighted by atomic mass is 10.1. The summed E-state index contributed by atoms with van der Waals surface area (Å²) >= 11 is 6.95. The minimum absolute atomic E-state index is 0.126. The number of unbranched alkanes of at least 4 members (excludes halogenated alkanes) is 4. The number of fused-ring (bicyclic) bond motifs is 2. The number of ketones is 1. The van der Waals surface area contributed by atoms with Gasteiger partial charge in [-0.05, 0) is 69.0 Å². The lowest BCUT2D eigenvalue weighted by molar-refractivity contribution is 0.0974. The molecular weight excluding hydrogens is 580 g/mol. The Hall–Kier alpha value is -2.15. The Morgan fingerprint density at radius 3 is 2.00 bits per heavy atom. The van der Waals surface area contributed by atoms with Gasteiger partial charge in [-0.2, -0.15) is 0 Å². The van der Waals surface area contributed by atoms with Crippen molar-refractivity contribution in [1.82, 2.24) is 9.97 Å². The molecular formula is C30H34Br2N2O2. The number of aliphatic hydroxyl groups is 1. The SMILES string of the molecule is CCCCCC(=O)c1nc2ccccc2cc1Br.CCCCC[C@@H](O)c1nc2ccccc2cc1Br. The van der Waals surface area contributed by atoms with Gasteiger partial charge in [-0.15, -0.1) is 0 Å². The van der Waals surface area contributed by atoms with Gasteiger partial charge in [0.05, 0.1) is 22.8 Å². The number of rotatable bonds is 10. The third-order valence-corrected chi connectivity index (χ3v) is 7.29. The van der Waals surface area contributed by atoms with E-state index in [4.69, 9.17) is 0 Å². The second kappa shape index (κ2) is 14.6. The van der Waals surface area contributed by atoms with Gasteiger partial charge in [0.2, 0.25) is 0 Å². The molecule has 0 aliphatic heterocycles. The lowest BCUT2D eigenvalue weighted by Gasteiger charge is -2.12. The van der Waals surface area contributed by atoms with Crippen LogP contribution in [0.4, 0.5) is 0 Å². The maximum absolute atomic E-state index is 12.1. The van der Waals surface area contributed by atoms with Crippen LogP contribution in [0.2, 0.25) is 0 Å². The van der Waals surface area contributed by atoms with E-state index < -0.39 is 6.10 Å². The first-order chi connectivity index (χ1) is 17.4. The first kappa shape index (κ1) is 28.4. The second-order valence-electron chi connectivity index (χ2n) is 8.95. The molecule has 4 nitrogen and oxygen atoms in total. The number of carbonyl (C=O) groups is 1. The number of aromatic nitrogens is 2. The van der Waals surface area contributed by atoms with Crippen LogP contribution in [0, 0.1) is 0 Å². The molecule has 1 N–H and O–H groups in total. The van der Waals surface area contributed by atoms with E-state index in [0.29, 0.717) is 12.1 Å². The molecule has 0 radical (unpaired) electrons. The molecule has 190 valence electrons. The molecule has 0 amide bonds. The van der Waals surface area contributed by atoms with Crippen LogP contribution >= 0.6 is 31.9 Å². The Balaban J connectivity index is 0.000000201. The van der Waals surface area contributed by atoms with Crippen LogP contribution in [0.5, 0.6) is 0 Å². The number of nitrogens with zero attached hydrogens (tertiary/aromatic N) is 2. The molecule has 4 rings (SSSR count). The summed E-state index contributed by atoms with van der Waals surface area (Å²) in [5, 5.41) is 12.3. The zero-order valence-electron chi connectivity index (χ0n) is 21.0. The lowest BCUT2D eigenvalue weighted by Crippen LogP contribution is -2.03. The molecule has 0 aliphatic rings. The number of Topliss-reactive ketones (excluding diaryl/α,β-unsaturated/α-hetero) is 1. The average Bonchev–Trinajstić information content (AvgIpc) is 2.88. The van der Waals surface area contributed by atoms with E-state index in [1.165, 1.54) is 6.42 Å². The normalized spacial score (nSPS) is 11.8. The van der Waals surface area contributed by atoms with E-state index in [1.807, 2.05) is 60.7 Å². The molecule has 0 saturated carbocycles. The number of hydrogen-bond acceptors (Lipinski definition) is 4. The van der Waals surface area contributed by atoms with Gasteiger partial charge < -0.3 is 5.11 Å². The molecule has 36 heavy (non-hydrogen) atoms. The van der Waals surface area contributed by atoms with Crippen molar-refractivity contribution in [2.45, 2.75) is 71.3 Å². The monoisotopic (exact) mass is 612 g/mol. The fraction of sp³-hybridized carbons (Fsp3) is 0.367. The van der Waals surface area contributed by atoms with Gasteiger partial charge in [0, 0.05) is 26.1 Å². The Bertz CT molecular complexity index is 1290. The zero-order chi connectivity index (χ0) is 25.9. The summed E-state index contributed by atoms with van der Waals surface area (Å²) in [5.74, 6) is 0.126. The number of aliphatic hydroxyl groups excluding tert-OH is 1. The van der Waals surface area contributed by atoms with E-state index >= 15 is 0 Å². The number of pyridine rings is 2. The largest absolute Gasteiger partial charge is 0.387 e.